The molecule has 2 aromatic carbocycles. The van der Waals surface area contributed by atoms with Crippen LogP contribution in [0.3, 0.4) is 0 Å². The average Bonchev–Trinajstić information content (AvgIpc) is 2.71. The summed E-state index contributed by atoms with van der Waals surface area (Å²) in [6, 6.07) is 16.8. The number of fused-ring (bicyclic) bond motifs is 1. The minimum atomic E-state index is 0.535. The molecule has 0 spiro atoms. The zero-order valence-corrected chi connectivity index (χ0v) is 12.3. The molecule has 3 aromatic rings. The van der Waals surface area contributed by atoms with E-state index in [1.165, 1.54) is 27.7 Å². The van der Waals surface area contributed by atoms with Crippen molar-refractivity contribution in [1.82, 2.24) is 4.57 Å². The molecule has 3 rings (SSSR count). The first-order valence-corrected chi connectivity index (χ1v) is 7.04. The zero-order chi connectivity index (χ0) is 13.4. The Bertz CT molecular complexity index is 729. The summed E-state index contributed by atoms with van der Waals surface area (Å²) in [7, 11) is 2.07. The van der Waals surface area contributed by atoms with Gasteiger partial charge in [-0.25, -0.2) is 0 Å². The second kappa shape index (κ2) is 4.83. The Morgan fingerprint density at radius 3 is 2.53 bits per heavy atom. The standard InChI is InChI=1S/C16H15BrN2/c1-19-14-8-7-12(17)9-13(14)16(15(19)10-18)11-5-3-2-4-6-11/h2-9H,10,18H2,1H3. The molecule has 19 heavy (non-hydrogen) atoms. The van der Waals surface area contributed by atoms with Gasteiger partial charge < -0.3 is 10.3 Å². The van der Waals surface area contributed by atoms with Crippen molar-refractivity contribution >= 4 is 26.8 Å². The van der Waals surface area contributed by atoms with Gasteiger partial charge in [0.25, 0.3) is 0 Å². The van der Waals surface area contributed by atoms with Crippen LogP contribution in [0.2, 0.25) is 0 Å². The highest BCUT2D eigenvalue weighted by Gasteiger charge is 2.15. The van der Waals surface area contributed by atoms with Gasteiger partial charge >= 0.3 is 0 Å². The molecular formula is C16H15BrN2. The maximum absolute atomic E-state index is 5.96. The van der Waals surface area contributed by atoms with E-state index in [1.807, 2.05) is 6.07 Å². The lowest BCUT2D eigenvalue weighted by Gasteiger charge is -2.05. The van der Waals surface area contributed by atoms with Gasteiger partial charge in [0.2, 0.25) is 0 Å². The number of benzene rings is 2. The van der Waals surface area contributed by atoms with Crippen molar-refractivity contribution in [3.63, 3.8) is 0 Å². The SMILES string of the molecule is Cn1c(CN)c(-c2ccccc2)c2cc(Br)ccc21. The molecule has 0 aliphatic heterocycles. The minimum Gasteiger partial charge on any atom is -0.346 e. The van der Waals surface area contributed by atoms with Crippen LogP contribution >= 0.6 is 15.9 Å². The monoisotopic (exact) mass is 314 g/mol. The van der Waals surface area contributed by atoms with Crippen molar-refractivity contribution in [3.8, 4) is 11.1 Å². The van der Waals surface area contributed by atoms with Gasteiger partial charge in [-0.15, -0.1) is 0 Å². The lowest BCUT2D eigenvalue weighted by Crippen LogP contribution is -2.04. The van der Waals surface area contributed by atoms with E-state index in [9.17, 15) is 0 Å². The highest BCUT2D eigenvalue weighted by molar-refractivity contribution is 9.10. The van der Waals surface area contributed by atoms with E-state index in [0.29, 0.717) is 6.54 Å². The summed E-state index contributed by atoms with van der Waals surface area (Å²) in [5.41, 5.74) is 10.8. The third-order valence-corrected chi connectivity index (χ3v) is 4.03. The first kappa shape index (κ1) is 12.5. The second-order valence-corrected chi connectivity index (χ2v) is 5.53. The van der Waals surface area contributed by atoms with E-state index in [0.717, 1.165) is 4.47 Å². The van der Waals surface area contributed by atoms with Gasteiger partial charge in [-0.05, 0) is 23.8 Å². The van der Waals surface area contributed by atoms with Crippen LogP contribution in [0.25, 0.3) is 22.0 Å². The first-order chi connectivity index (χ1) is 9.22. The number of nitrogens with two attached hydrogens (primary N) is 1. The van der Waals surface area contributed by atoms with Crippen LogP contribution in [-0.4, -0.2) is 4.57 Å². The molecule has 0 amide bonds. The Kier molecular flexibility index (Phi) is 3.17. The van der Waals surface area contributed by atoms with Crippen LogP contribution in [0.15, 0.2) is 53.0 Å². The molecule has 1 heterocycles. The Hall–Kier alpha value is -1.58. The van der Waals surface area contributed by atoms with Crippen molar-refractivity contribution < 1.29 is 0 Å². The molecule has 0 fully saturated rings. The fourth-order valence-corrected chi connectivity index (χ4v) is 3.00. The molecule has 2 nitrogen and oxygen atoms in total. The summed E-state index contributed by atoms with van der Waals surface area (Å²) in [4.78, 5) is 0. The highest BCUT2D eigenvalue weighted by Crippen LogP contribution is 2.35. The van der Waals surface area contributed by atoms with Gasteiger partial charge in [-0.1, -0.05) is 46.3 Å². The predicted molar refractivity (Wildman–Crippen MR) is 83.9 cm³/mol. The topological polar surface area (TPSA) is 30.9 Å². The number of aryl methyl sites for hydroxylation is 1. The van der Waals surface area contributed by atoms with Crippen molar-refractivity contribution in [1.29, 1.82) is 0 Å². The molecule has 0 aliphatic carbocycles. The molecule has 0 unspecified atom stereocenters. The van der Waals surface area contributed by atoms with E-state index >= 15 is 0 Å². The van der Waals surface area contributed by atoms with E-state index < -0.39 is 0 Å². The third-order valence-electron chi connectivity index (χ3n) is 3.54. The molecule has 3 heteroatoms. The molecule has 0 atom stereocenters. The van der Waals surface area contributed by atoms with Gasteiger partial charge in [0.15, 0.2) is 0 Å². The Morgan fingerprint density at radius 1 is 1.11 bits per heavy atom. The van der Waals surface area contributed by atoms with Crippen LogP contribution in [-0.2, 0) is 13.6 Å². The smallest absolute Gasteiger partial charge is 0.0487 e. The molecule has 1 aromatic heterocycles. The summed E-state index contributed by atoms with van der Waals surface area (Å²) in [6.07, 6.45) is 0. The molecule has 0 radical (unpaired) electrons. The average molecular weight is 315 g/mol. The summed E-state index contributed by atoms with van der Waals surface area (Å²) < 4.78 is 3.27. The van der Waals surface area contributed by atoms with E-state index in [4.69, 9.17) is 5.73 Å². The largest absolute Gasteiger partial charge is 0.346 e. The number of nitrogens with zero attached hydrogens (tertiary/aromatic N) is 1. The molecule has 0 saturated heterocycles. The number of hydrogen-bond donors (Lipinski definition) is 1. The molecule has 96 valence electrons. The van der Waals surface area contributed by atoms with Crippen molar-refractivity contribution in [2.45, 2.75) is 6.54 Å². The lowest BCUT2D eigenvalue weighted by molar-refractivity contribution is 0.851. The van der Waals surface area contributed by atoms with Gasteiger partial charge in [0, 0.05) is 40.2 Å². The second-order valence-electron chi connectivity index (χ2n) is 4.61. The lowest BCUT2D eigenvalue weighted by atomic mass is 10.0. The van der Waals surface area contributed by atoms with Gasteiger partial charge in [0.05, 0.1) is 0 Å². The highest BCUT2D eigenvalue weighted by atomic mass is 79.9. The minimum absolute atomic E-state index is 0.535. The van der Waals surface area contributed by atoms with Crippen molar-refractivity contribution in [2.75, 3.05) is 0 Å². The van der Waals surface area contributed by atoms with Crippen molar-refractivity contribution in [2.24, 2.45) is 12.8 Å². The summed E-state index contributed by atoms with van der Waals surface area (Å²) in [5, 5.41) is 1.24. The number of rotatable bonds is 2. The normalized spacial score (nSPS) is 11.1. The summed E-state index contributed by atoms with van der Waals surface area (Å²) in [6.45, 7) is 0.535. The quantitative estimate of drug-likeness (QED) is 0.759. The maximum atomic E-state index is 5.96. The number of aromatic nitrogens is 1. The zero-order valence-electron chi connectivity index (χ0n) is 10.7. The Morgan fingerprint density at radius 2 is 1.84 bits per heavy atom. The fraction of sp³-hybridized carbons (Fsp3) is 0.125. The van der Waals surface area contributed by atoms with Crippen LogP contribution in [0.5, 0.6) is 0 Å². The predicted octanol–water partition coefficient (Wildman–Crippen LogP) is 4.07. The molecular weight excluding hydrogens is 300 g/mol. The van der Waals surface area contributed by atoms with Crippen LogP contribution in [0.1, 0.15) is 5.69 Å². The van der Waals surface area contributed by atoms with E-state index in [2.05, 4.69) is 70.0 Å². The van der Waals surface area contributed by atoms with E-state index in [-0.39, 0.29) is 0 Å². The van der Waals surface area contributed by atoms with Gasteiger partial charge in [0.1, 0.15) is 0 Å². The summed E-state index contributed by atoms with van der Waals surface area (Å²) in [5.74, 6) is 0. The van der Waals surface area contributed by atoms with Gasteiger partial charge in [-0.2, -0.15) is 0 Å². The fourth-order valence-electron chi connectivity index (χ4n) is 2.64. The molecule has 0 aliphatic rings. The Balaban J connectivity index is 2.42. The molecule has 0 saturated carbocycles. The van der Waals surface area contributed by atoms with Crippen LogP contribution in [0, 0.1) is 0 Å². The van der Waals surface area contributed by atoms with Crippen LogP contribution < -0.4 is 5.73 Å². The molecule has 2 N–H and O–H groups in total. The van der Waals surface area contributed by atoms with Crippen LogP contribution in [0.4, 0.5) is 0 Å². The number of hydrogen-bond acceptors (Lipinski definition) is 1. The first-order valence-electron chi connectivity index (χ1n) is 6.24. The molecule has 0 bridgehead atoms. The summed E-state index contributed by atoms with van der Waals surface area (Å²) >= 11 is 3.55. The maximum Gasteiger partial charge on any atom is 0.0487 e. The van der Waals surface area contributed by atoms with Crippen molar-refractivity contribution in [3.05, 3.63) is 58.7 Å². The van der Waals surface area contributed by atoms with Gasteiger partial charge in [-0.3, -0.25) is 0 Å². The number of halogens is 1. The van der Waals surface area contributed by atoms with E-state index in [1.54, 1.807) is 0 Å². The Labute approximate surface area is 121 Å². The third kappa shape index (κ3) is 1.99.